The van der Waals surface area contributed by atoms with Gasteiger partial charge in [0.25, 0.3) is 0 Å². The zero-order chi connectivity index (χ0) is 28.7. The van der Waals surface area contributed by atoms with Gasteiger partial charge in [0.05, 0.1) is 26.2 Å². The highest BCUT2D eigenvalue weighted by Gasteiger charge is 2.37. The van der Waals surface area contributed by atoms with Crippen molar-refractivity contribution in [3.63, 3.8) is 0 Å². The van der Waals surface area contributed by atoms with E-state index in [2.05, 4.69) is 10.1 Å². The van der Waals surface area contributed by atoms with E-state index in [0.29, 0.717) is 75.3 Å². The van der Waals surface area contributed by atoms with Crippen molar-refractivity contribution in [3.8, 4) is 17.0 Å². The molecule has 1 aliphatic carbocycles. The molecule has 0 spiro atoms. The minimum atomic E-state index is -1.17. The number of carbonyl (C=O) groups is 1. The van der Waals surface area contributed by atoms with Gasteiger partial charge < -0.3 is 24.4 Å². The lowest BCUT2D eigenvalue weighted by Gasteiger charge is -2.39. The van der Waals surface area contributed by atoms with E-state index in [-0.39, 0.29) is 12.2 Å². The monoisotopic (exact) mass is 613 g/mol. The largest absolute Gasteiger partial charge is 0.489 e. The molecule has 6 rings (SSSR count). The van der Waals surface area contributed by atoms with Crippen molar-refractivity contribution in [1.82, 2.24) is 10.1 Å². The Labute approximate surface area is 251 Å². The van der Waals surface area contributed by atoms with Crippen molar-refractivity contribution in [1.29, 1.82) is 0 Å². The number of aromatic carboxylic acids is 1. The van der Waals surface area contributed by atoms with E-state index in [1.165, 1.54) is 6.07 Å². The second-order valence-electron chi connectivity index (χ2n) is 10.4. The average Bonchev–Trinajstić information content (AvgIpc) is 3.72. The van der Waals surface area contributed by atoms with Crippen LogP contribution in [0.2, 0.25) is 15.1 Å². The van der Waals surface area contributed by atoms with Gasteiger partial charge in [-0.15, -0.1) is 0 Å². The number of aliphatic hydroxyl groups is 1. The topological polar surface area (TPSA) is 109 Å². The van der Waals surface area contributed by atoms with Gasteiger partial charge in [-0.3, -0.25) is 0 Å². The zero-order valence-electron chi connectivity index (χ0n) is 21.8. The van der Waals surface area contributed by atoms with Gasteiger partial charge in [-0.2, -0.15) is 0 Å². The molecule has 2 aliphatic rings. The number of aromatic nitrogens is 2. The van der Waals surface area contributed by atoms with E-state index < -0.39 is 11.6 Å². The van der Waals surface area contributed by atoms with Crippen LogP contribution in [0, 0.1) is 0 Å². The average molecular weight is 615 g/mol. The molecule has 0 unspecified atom stereocenters. The first kappa shape index (κ1) is 27.8. The predicted octanol–water partition coefficient (Wildman–Crippen LogP) is 7.34. The SMILES string of the molecule is O=C(O)c1cccnc1N1CCC(O)(c2ccc(OCc3c(-c4c(Cl)cccc4Cl)noc3C3CC3)cc2Cl)CC1. The quantitative estimate of drug-likeness (QED) is 0.212. The van der Waals surface area contributed by atoms with Gasteiger partial charge in [0.15, 0.2) is 0 Å². The number of rotatable bonds is 8. The molecule has 8 nitrogen and oxygen atoms in total. The smallest absolute Gasteiger partial charge is 0.339 e. The standard InChI is InChI=1S/C30H26Cl3N3O5/c31-22-4-1-5-23(32)25(22)26-20(27(41-35-26)17-6-7-17)16-40-18-8-9-21(24(33)15-18)30(39)10-13-36(14-11-30)28-19(29(37)38)3-2-12-34-28/h1-5,8-9,12,15,17,39H,6-7,10-11,13-14,16H2,(H,37,38). The summed E-state index contributed by atoms with van der Waals surface area (Å²) < 4.78 is 11.9. The molecule has 0 bridgehead atoms. The molecule has 1 saturated carbocycles. The number of hydrogen-bond donors (Lipinski definition) is 2. The molecule has 41 heavy (non-hydrogen) atoms. The lowest BCUT2D eigenvalue weighted by molar-refractivity contribution is 0.0117. The lowest BCUT2D eigenvalue weighted by atomic mass is 9.84. The van der Waals surface area contributed by atoms with Gasteiger partial charge in [-0.1, -0.05) is 52.1 Å². The van der Waals surface area contributed by atoms with Gasteiger partial charge in [0.2, 0.25) is 0 Å². The fraction of sp³-hybridized carbons (Fsp3) is 0.300. The van der Waals surface area contributed by atoms with Gasteiger partial charge in [0, 0.05) is 36.3 Å². The summed E-state index contributed by atoms with van der Waals surface area (Å²) >= 11 is 19.6. The van der Waals surface area contributed by atoms with Crippen molar-refractivity contribution in [3.05, 3.63) is 92.2 Å². The van der Waals surface area contributed by atoms with Gasteiger partial charge in [0.1, 0.15) is 35.2 Å². The number of benzene rings is 2. The van der Waals surface area contributed by atoms with E-state index in [1.807, 2.05) is 4.90 Å². The Bertz CT molecular complexity index is 1590. The second-order valence-corrected chi connectivity index (χ2v) is 11.6. The second kappa shape index (κ2) is 11.2. The van der Waals surface area contributed by atoms with Crippen LogP contribution in [0.25, 0.3) is 11.3 Å². The van der Waals surface area contributed by atoms with Crippen molar-refractivity contribution in [2.75, 3.05) is 18.0 Å². The number of hydrogen-bond acceptors (Lipinski definition) is 7. The van der Waals surface area contributed by atoms with Crippen LogP contribution in [0.15, 0.2) is 59.3 Å². The number of halogens is 3. The number of carboxylic acid groups (broad SMARTS) is 1. The van der Waals surface area contributed by atoms with Crippen molar-refractivity contribution >= 4 is 46.6 Å². The van der Waals surface area contributed by atoms with Crippen LogP contribution in [-0.2, 0) is 12.2 Å². The number of pyridine rings is 1. The van der Waals surface area contributed by atoms with E-state index in [9.17, 15) is 15.0 Å². The summed E-state index contributed by atoms with van der Waals surface area (Å²) in [5, 5.41) is 26.7. The first-order valence-corrected chi connectivity index (χ1v) is 14.4. The summed E-state index contributed by atoms with van der Waals surface area (Å²) in [6, 6.07) is 13.7. The molecular formula is C30H26Cl3N3O5. The highest BCUT2D eigenvalue weighted by molar-refractivity contribution is 6.39. The molecule has 212 valence electrons. The fourth-order valence-corrected chi connectivity index (χ4v) is 6.26. The third-order valence-corrected chi connectivity index (χ3v) is 8.64. The highest BCUT2D eigenvalue weighted by Crippen LogP contribution is 2.46. The first-order chi connectivity index (χ1) is 19.7. The summed E-state index contributed by atoms with van der Waals surface area (Å²) in [6.45, 7) is 1.03. The van der Waals surface area contributed by atoms with E-state index >= 15 is 0 Å². The van der Waals surface area contributed by atoms with Crippen LogP contribution < -0.4 is 9.64 Å². The highest BCUT2D eigenvalue weighted by atomic mass is 35.5. The number of anilines is 1. The van der Waals surface area contributed by atoms with Crippen LogP contribution in [0.3, 0.4) is 0 Å². The molecule has 2 N–H and O–H groups in total. The molecule has 11 heteroatoms. The molecule has 1 aliphatic heterocycles. The zero-order valence-corrected chi connectivity index (χ0v) is 24.1. The predicted molar refractivity (Wildman–Crippen MR) is 156 cm³/mol. The molecular weight excluding hydrogens is 589 g/mol. The van der Waals surface area contributed by atoms with Crippen LogP contribution in [0.4, 0.5) is 5.82 Å². The fourth-order valence-electron chi connectivity index (χ4n) is 5.34. The van der Waals surface area contributed by atoms with Crippen molar-refractivity contribution in [2.45, 2.75) is 43.8 Å². The first-order valence-electron chi connectivity index (χ1n) is 13.3. The molecule has 2 aromatic heterocycles. The minimum absolute atomic E-state index is 0.134. The summed E-state index contributed by atoms with van der Waals surface area (Å²) in [6.07, 6.45) is 4.32. The molecule has 0 amide bonds. The third kappa shape index (κ3) is 5.49. The van der Waals surface area contributed by atoms with E-state index in [4.69, 9.17) is 44.1 Å². The number of ether oxygens (including phenoxy) is 1. The lowest BCUT2D eigenvalue weighted by Crippen LogP contribution is -2.43. The number of nitrogens with zero attached hydrogens (tertiary/aromatic N) is 3. The van der Waals surface area contributed by atoms with Gasteiger partial charge in [-0.25, -0.2) is 9.78 Å². The maximum Gasteiger partial charge on any atom is 0.339 e. The Hall–Kier alpha value is -3.30. The molecule has 1 saturated heterocycles. The third-order valence-electron chi connectivity index (χ3n) is 7.70. The molecule has 2 aromatic carbocycles. The minimum Gasteiger partial charge on any atom is -0.489 e. The van der Waals surface area contributed by atoms with Crippen molar-refractivity contribution in [2.24, 2.45) is 0 Å². The Morgan fingerprint density at radius 1 is 1.05 bits per heavy atom. The van der Waals surface area contributed by atoms with Crippen LogP contribution in [0.5, 0.6) is 5.75 Å². The summed E-state index contributed by atoms with van der Waals surface area (Å²) in [5.41, 5.74) is 1.52. The molecule has 4 aromatic rings. The van der Waals surface area contributed by atoms with E-state index in [1.54, 1.807) is 48.7 Å². The van der Waals surface area contributed by atoms with Gasteiger partial charge in [-0.05, 0) is 62.1 Å². The normalized spacial score (nSPS) is 16.5. The Kier molecular flexibility index (Phi) is 7.59. The number of piperidine rings is 1. The van der Waals surface area contributed by atoms with Crippen LogP contribution >= 0.6 is 34.8 Å². The van der Waals surface area contributed by atoms with Gasteiger partial charge >= 0.3 is 5.97 Å². The van der Waals surface area contributed by atoms with Crippen molar-refractivity contribution < 1.29 is 24.3 Å². The molecule has 2 fully saturated rings. The van der Waals surface area contributed by atoms with Crippen LogP contribution in [-0.4, -0.2) is 39.4 Å². The summed E-state index contributed by atoms with van der Waals surface area (Å²) in [4.78, 5) is 17.8. The Morgan fingerprint density at radius 2 is 1.78 bits per heavy atom. The summed E-state index contributed by atoms with van der Waals surface area (Å²) in [7, 11) is 0. The Balaban J connectivity index is 1.19. The Morgan fingerprint density at radius 3 is 2.44 bits per heavy atom. The molecule has 0 atom stereocenters. The van der Waals surface area contributed by atoms with E-state index in [0.717, 1.165) is 24.2 Å². The maximum absolute atomic E-state index is 11.6. The molecule has 3 heterocycles. The maximum atomic E-state index is 11.6. The van der Waals surface area contributed by atoms with Crippen LogP contribution in [0.1, 0.15) is 58.8 Å². The molecule has 0 radical (unpaired) electrons. The summed E-state index contributed by atoms with van der Waals surface area (Å²) in [5.74, 6) is 0.955. The number of carboxylic acids is 1.